The van der Waals surface area contributed by atoms with Gasteiger partial charge < -0.3 is 10.1 Å². The van der Waals surface area contributed by atoms with Crippen LogP contribution in [0.25, 0.3) is 0 Å². The Kier molecular flexibility index (Phi) is 5.28. The molecule has 1 heterocycles. The summed E-state index contributed by atoms with van der Waals surface area (Å²) in [5, 5.41) is 6.43. The summed E-state index contributed by atoms with van der Waals surface area (Å²) in [6.07, 6.45) is 0.383. The first kappa shape index (κ1) is 15.1. The number of carbonyl (C=O) groups is 1. The first-order valence-electron chi connectivity index (χ1n) is 6.08. The molecule has 0 saturated heterocycles. The molecule has 0 aliphatic rings. The number of thiazole rings is 1. The average molecular weight is 270 g/mol. The Bertz CT molecular complexity index is 396. The quantitative estimate of drug-likeness (QED) is 0.835. The van der Waals surface area contributed by atoms with Gasteiger partial charge in [-0.05, 0) is 6.92 Å². The normalized spacial score (nSPS) is 13.4. The molecule has 1 rings (SSSR count). The molecule has 0 saturated carbocycles. The van der Waals surface area contributed by atoms with E-state index in [4.69, 9.17) is 0 Å². The summed E-state index contributed by atoms with van der Waals surface area (Å²) < 4.78 is 4.63. The molecule has 0 amide bonds. The standard InChI is InChI=1S/C13H22N2O2S/c1-9(6-12(16)17-5)14-7-11-15-10(8-18-11)13(2,3)4/h8-9,14H,6-7H2,1-5H3. The lowest BCUT2D eigenvalue weighted by Crippen LogP contribution is -2.28. The number of aromatic nitrogens is 1. The van der Waals surface area contributed by atoms with Crippen molar-refractivity contribution in [3.8, 4) is 0 Å². The lowest BCUT2D eigenvalue weighted by molar-refractivity contribution is -0.141. The number of methoxy groups -OCH3 is 1. The Morgan fingerprint density at radius 2 is 2.22 bits per heavy atom. The van der Waals surface area contributed by atoms with Gasteiger partial charge in [0.1, 0.15) is 5.01 Å². The molecular formula is C13H22N2O2S. The summed E-state index contributed by atoms with van der Waals surface area (Å²) in [4.78, 5) is 15.7. The molecule has 0 aliphatic carbocycles. The van der Waals surface area contributed by atoms with Gasteiger partial charge in [-0.25, -0.2) is 4.98 Å². The fourth-order valence-electron chi connectivity index (χ4n) is 1.40. The molecule has 1 aromatic rings. The van der Waals surface area contributed by atoms with Crippen LogP contribution in [0, 0.1) is 0 Å². The highest BCUT2D eigenvalue weighted by Gasteiger charge is 2.17. The first-order chi connectivity index (χ1) is 8.32. The number of hydrogen-bond donors (Lipinski definition) is 1. The van der Waals surface area contributed by atoms with Crippen LogP contribution < -0.4 is 5.32 Å². The SMILES string of the molecule is COC(=O)CC(C)NCc1nc(C(C)(C)C)cs1. The van der Waals surface area contributed by atoms with Crippen LogP contribution in [0.2, 0.25) is 0 Å². The lowest BCUT2D eigenvalue weighted by Gasteiger charge is -2.14. The van der Waals surface area contributed by atoms with Gasteiger partial charge in [0.05, 0.1) is 19.2 Å². The van der Waals surface area contributed by atoms with Crippen molar-refractivity contribution < 1.29 is 9.53 Å². The number of nitrogens with zero attached hydrogens (tertiary/aromatic N) is 1. The molecule has 5 heteroatoms. The molecule has 1 N–H and O–H groups in total. The van der Waals surface area contributed by atoms with Crippen molar-refractivity contribution in [2.45, 2.75) is 52.1 Å². The highest BCUT2D eigenvalue weighted by Crippen LogP contribution is 2.23. The molecule has 0 bridgehead atoms. The highest BCUT2D eigenvalue weighted by atomic mass is 32.1. The van der Waals surface area contributed by atoms with E-state index in [1.165, 1.54) is 7.11 Å². The molecule has 0 aromatic carbocycles. The summed E-state index contributed by atoms with van der Waals surface area (Å²) >= 11 is 1.65. The van der Waals surface area contributed by atoms with Crippen LogP contribution in [-0.2, 0) is 21.5 Å². The second-order valence-electron chi connectivity index (χ2n) is 5.44. The number of ether oxygens (including phenoxy) is 1. The Morgan fingerprint density at radius 3 is 2.72 bits per heavy atom. The summed E-state index contributed by atoms with van der Waals surface area (Å²) in [5.74, 6) is -0.190. The van der Waals surface area contributed by atoms with E-state index in [1.54, 1.807) is 11.3 Å². The summed E-state index contributed by atoms with van der Waals surface area (Å²) in [6, 6.07) is 0.0967. The van der Waals surface area contributed by atoms with Crippen LogP contribution in [0.1, 0.15) is 44.8 Å². The topological polar surface area (TPSA) is 51.2 Å². The first-order valence-corrected chi connectivity index (χ1v) is 6.96. The lowest BCUT2D eigenvalue weighted by atomic mass is 9.93. The summed E-state index contributed by atoms with van der Waals surface area (Å²) in [7, 11) is 1.41. The van der Waals surface area contributed by atoms with Gasteiger partial charge in [-0.15, -0.1) is 11.3 Å². The zero-order valence-electron chi connectivity index (χ0n) is 11.7. The van der Waals surface area contributed by atoms with Gasteiger partial charge in [-0.3, -0.25) is 4.79 Å². The second-order valence-corrected chi connectivity index (χ2v) is 6.38. The number of hydrogen-bond acceptors (Lipinski definition) is 5. The van der Waals surface area contributed by atoms with E-state index >= 15 is 0 Å². The monoisotopic (exact) mass is 270 g/mol. The Hall–Kier alpha value is -0.940. The maximum Gasteiger partial charge on any atom is 0.307 e. The fourth-order valence-corrected chi connectivity index (χ4v) is 2.38. The second kappa shape index (κ2) is 6.29. The smallest absolute Gasteiger partial charge is 0.307 e. The molecule has 0 radical (unpaired) electrons. The summed E-state index contributed by atoms with van der Waals surface area (Å²) in [6.45, 7) is 9.12. The fraction of sp³-hybridized carbons (Fsp3) is 0.692. The van der Waals surface area contributed by atoms with E-state index < -0.39 is 0 Å². The van der Waals surface area contributed by atoms with Crippen LogP contribution in [-0.4, -0.2) is 24.1 Å². The van der Waals surface area contributed by atoms with Gasteiger partial charge in [0, 0.05) is 23.4 Å². The van der Waals surface area contributed by atoms with Crippen LogP contribution in [0.4, 0.5) is 0 Å². The van der Waals surface area contributed by atoms with E-state index in [1.807, 2.05) is 6.92 Å². The van der Waals surface area contributed by atoms with Crippen LogP contribution in [0.3, 0.4) is 0 Å². The predicted octanol–water partition coefficient (Wildman–Crippen LogP) is 2.48. The van der Waals surface area contributed by atoms with Crippen LogP contribution in [0.15, 0.2) is 5.38 Å². The number of nitrogens with one attached hydrogen (secondary N) is 1. The average Bonchev–Trinajstić information content (AvgIpc) is 2.74. The van der Waals surface area contributed by atoms with Crippen molar-refractivity contribution in [3.05, 3.63) is 16.1 Å². The maximum atomic E-state index is 11.1. The predicted molar refractivity (Wildman–Crippen MR) is 73.7 cm³/mol. The largest absolute Gasteiger partial charge is 0.469 e. The molecule has 18 heavy (non-hydrogen) atoms. The van der Waals surface area contributed by atoms with Crippen molar-refractivity contribution in [2.75, 3.05) is 7.11 Å². The van der Waals surface area contributed by atoms with Gasteiger partial charge in [0.2, 0.25) is 0 Å². The van der Waals surface area contributed by atoms with E-state index in [9.17, 15) is 4.79 Å². The Morgan fingerprint density at radius 1 is 1.56 bits per heavy atom. The molecule has 1 aromatic heterocycles. The molecule has 0 aliphatic heterocycles. The van der Waals surface area contributed by atoms with Crippen molar-refractivity contribution in [2.24, 2.45) is 0 Å². The van der Waals surface area contributed by atoms with Gasteiger partial charge in [-0.2, -0.15) is 0 Å². The molecule has 0 spiro atoms. The highest BCUT2D eigenvalue weighted by molar-refractivity contribution is 7.09. The zero-order chi connectivity index (χ0) is 13.8. The molecular weight excluding hydrogens is 248 g/mol. The number of carbonyl (C=O) groups excluding carboxylic acids is 1. The molecule has 102 valence electrons. The molecule has 1 atom stereocenters. The third-order valence-electron chi connectivity index (χ3n) is 2.62. The van der Waals surface area contributed by atoms with Crippen molar-refractivity contribution >= 4 is 17.3 Å². The van der Waals surface area contributed by atoms with Crippen molar-refractivity contribution in [3.63, 3.8) is 0 Å². The van der Waals surface area contributed by atoms with Gasteiger partial charge in [-0.1, -0.05) is 20.8 Å². The number of esters is 1. The molecule has 4 nitrogen and oxygen atoms in total. The minimum atomic E-state index is -0.190. The van der Waals surface area contributed by atoms with E-state index in [2.05, 4.69) is 41.2 Å². The minimum absolute atomic E-state index is 0.0897. The van der Waals surface area contributed by atoms with Gasteiger partial charge in [0.25, 0.3) is 0 Å². The third kappa shape index (κ3) is 4.74. The van der Waals surface area contributed by atoms with Crippen LogP contribution >= 0.6 is 11.3 Å². The van der Waals surface area contributed by atoms with Crippen molar-refractivity contribution in [1.82, 2.24) is 10.3 Å². The van der Waals surface area contributed by atoms with Gasteiger partial charge >= 0.3 is 5.97 Å². The van der Waals surface area contributed by atoms with E-state index in [0.29, 0.717) is 13.0 Å². The van der Waals surface area contributed by atoms with Crippen molar-refractivity contribution in [1.29, 1.82) is 0 Å². The maximum absolute atomic E-state index is 11.1. The minimum Gasteiger partial charge on any atom is -0.469 e. The van der Waals surface area contributed by atoms with Gasteiger partial charge in [0.15, 0.2) is 0 Å². The van der Waals surface area contributed by atoms with E-state index in [0.717, 1.165) is 10.7 Å². The van der Waals surface area contributed by atoms with Crippen LogP contribution in [0.5, 0.6) is 0 Å². The Labute approximate surface area is 113 Å². The molecule has 0 fully saturated rings. The zero-order valence-corrected chi connectivity index (χ0v) is 12.6. The Balaban J connectivity index is 2.44. The third-order valence-corrected chi connectivity index (χ3v) is 3.47. The molecule has 1 unspecified atom stereocenters. The summed E-state index contributed by atoms with van der Waals surface area (Å²) in [5.41, 5.74) is 1.21. The number of rotatable bonds is 5. The van der Waals surface area contributed by atoms with E-state index in [-0.39, 0.29) is 17.4 Å².